The predicted molar refractivity (Wildman–Crippen MR) is 77.5 cm³/mol. The summed E-state index contributed by atoms with van der Waals surface area (Å²) in [5.41, 5.74) is -0.381. The average Bonchev–Trinajstić information content (AvgIpc) is 2.32. The van der Waals surface area contributed by atoms with Gasteiger partial charge in [-0.2, -0.15) is 0 Å². The minimum absolute atomic E-state index is 0.310. The van der Waals surface area contributed by atoms with Crippen LogP contribution in [-0.4, -0.2) is 11.6 Å². The van der Waals surface area contributed by atoms with Crippen molar-refractivity contribution in [2.75, 3.05) is 0 Å². The molecule has 0 heterocycles. The minimum atomic E-state index is -0.381. The lowest BCUT2D eigenvalue weighted by atomic mass is 9.83. The van der Waals surface area contributed by atoms with E-state index in [0.29, 0.717) is 5.92 Å². The van der Waals surface area contributed by atoms with E-state index in [2.05, 4.69) is 20.4 Å². The van der Waals surface area contributed by atoms with Crippen LogP contribution in [-0.2, 0) is 9.53 Å². The fourth-order valence-corrected chi connectivity index (χ4v) is 2.39. The maximum Gasteiger partial charge on any atom is 0.330 e. The highest BCUT2D eigenvalue weighted by molar-refractivity contribution is 5.81. The largest absolute Gasteiger partial charge is 0.456 e. The van der Waals surface area contributed by atoms with Crippen LogP contribution in [0.3, 0.4) is 0 Å². The summed E-state index contributed by atoms with van der Waals surface area (Å²) in [5.74, 6) is 0.137. The number of hydrogen-bond donors (Lipinski definition) is 0. The second-order valence-electron chi connectivity index (χ2n) is 5.56. The van der Waals surface area contributed by atoms with E-state index in [4.69, 9.17) is 4.74 Å². The topological polar surface area (TPSA) is 26.3 Å². The molecule has 2 nitrogen and oxygen atoms in total. The molecule has 0 amide bonds. The van der Waals surface area contributed by atoms with Crippen LogP contribution < -0.4 is 0 Å². The van der Waals surface area contributed by atoms with Crippen LogP contribution in [0.25, 0.3) is 0 Å². The fourth-order valence-electron chi connectivity index (χ4n) is 2.39. The standard InChI is InChI=1S/C16H30O2/c1-6-9-10-11-13-14(12-7-2)16(4,5)18-15(17)8-3/h8,14H,3,6-7,9-13H2,1-2,4-5H3. The normalized spacial score (nSPS) is 13.1. The fraction of sp³-hybridized carbons (Fsp3) is 0.812. The Morgan fingerprint density at radius 1 is 1.17 bits per heavy atom. The van der Waals surface area contributed by atoms with E-state index in [1.807, 2.05) is 13.8 Å². The zero-order valence-electron chi connectivity index (χ0n) is 12.6. The van der Waals surface area contributed by atoms with E-state index >= 15 is 0 Å². The molecule has 0 N–H and O–H groups in total. The van der Waals surface area contributed by atoms with Crippen molar-refractivity contribution in [1.29, 1.82) is 0 Å². The molecule has 0 aromatic heterocycles. The van der Waals surface area contributed by atoms with E-state index in [1.54, 1.807) is 0 Å². The molecule has 0 radical (unpaired) electrons. The highest BCUT2D eigenvalue weighted by atomic mass is 16.6. The summed E-state index contributed by atoms with van der Waals surface area (Å²) >= 11 is 0. The van der Waals surface area contributed by atoms with Crippen molar-refractivity contribution in [2.24, 2.45) is 5.92 Å². The molecule has 0 saturated heterocycles. The predicted octanol–water partition coefficient (Wildman–Crippen LogP) is 4.88. The third-order valence-corrected chi connectivity index (χ3v) is 3.56. The molecule has 0 spiro atoms. The Kier molecular flexibility index (Phi) is 8.78. The molecule has 0 aliphatic heterocycles. The van der Waals surface area contributed by atoms with Crippen LogP contribution in [0.1, 0.15) is 72.6 Å². The van der Waals surface area contributed by atoms with E-state index in [9.17, 15) is 4.79 Å². The zero-order valence-corrected chi connectivity index (χ0v) is 12.6. The molecule has 106 valence electrons. The van der Waals surface area contributed by atoms with Crippen molar-refractivity contribution in [2.45, 2.75) is 78.2 Å². The first-order chi connectivity index (χ1) is 8.47. The molecule has 1 atom stereocenters. The quantitative estimate of drug-likeness (QED) is 0.315. The van der Waals surface area contributed by atoms with Gasteiger partial charge in [0.1, 0.15) is 5.60 Å². The summed E-state index contributed by atoms with van der Waals surface area (Å²) < 4.78 is 5.50. The van der Waals surface area contributed by atoms with Gasteiger partial charge in [-0.3, -0.25) is 0 Å². The smallest absolute Gasteiger partial charge is 0.330 e. The van der Waals surface area contributed by atoms with E-state index in [1.165, 1.54) is 31.8 Å². The number of rotatable bonds is 10. The molecular formula is C16H30O2. The van der Waals surface area contributed by atoms with E-state index < -0.39 is 0 Å². The van der Waals surface area contributed by atoms with Crippen LogP contribution in [0.5, 0.6) is 0 Å². The first kappa shape index (κ1) is 17.2. The lowest BCUT2D eigenvalue weighted by Gasteiger charge is -2.34. The molecular weight excluding hydrogens is 224 g/mol. The van der Waals surface area contributed by atoms with Gasteiger partial charge in [0.05, 0.1) is 0 Å². The third-order valence-electron chi connectivity index (χ3n) is 3.56. The molecule has 0 aromatic rings. The molecule has 0 saturated carbocycles. The van der Waals surface area contributed by atoms with Gasteiger partial charge in [0.15, 0.2) is 0 Å². The summed E-state index contributed by atoms with van der Waals surface area (Å²) in [4.78, 5) is 11.4. The van der Waals surface area contributed by atoms with E-state index in [0.717, 1.165) is 19.3 Å². The first-order valence-corrected chi connectivity index (χ1v) is 7.33. The maximum absolute atomic E-state index is 11.4. The Bertz CT molecular complexity index is 243. The first-order valence-electron chi connectivity index (χ1n) is 7.33. The molecule has 18 heavy (non-hydrogen) atoms. The maximum atomic E-state index is 11.4. The lowest BCUT2D eigenvalue weighted by Crippen LogP contribution is -2.36. The number of unbranched alkanes of at least 4 members (excludes halogenated alkanes) is 3. The lowest BCUT2D eigenvalue weighted by molar-refractivity contribution is -0.156. The Labute approximate surface area is 113 Å². The zero-order chi connectivity index (χ0) is 14.0. The summed E-state index contributed by atoms with van der Waals surface area (Å²) in [5, 5.41) is 0. The second-order valence-corrected chi connectivity index (χ2v) is 5.56. The van der Waals surface area contributed by atoms with Gasteiger partial charge in [-0.15, -0.1) is 0 Å². The van der Waals surface area contributed by atoms with Gasteiger partial charge in [-0.1, -0.05) is 52.5 Å². The van der Waals surface area contributed by atoms with Crippen LogP contribution in [0, 0.1) is 5.92 Å². The van der Waals surface area contributed by atoms with Crippen molar-refractivity contribution in [3.05, 3.63) is 12.7 Å². The SMILES string of the molecule is C=CC(=O)OC(C)(C)C(CCC)CCCCCC. The van der Waals surface area contributed by atoms with Gasteiger partial charge in [0.2, 0.25) is 0 Å². The number of esters is 1. The van der Waals surface area contributed by atoms with Crippen LogP contribution in [0.15, 0.2) is 12.7 Å². The van der Waals surface area contributed by atoms with Crippen molar-refractivity contribution < 1.29 is 9.53 Å². The number of hydrogen-bond acceptors (Lipinski definition) is 2. The Morgan fingerprint density at radius 2 is 1.83 bits per heavy atom. The van der Waals surface area contributed by atoms with Gasteiger partial charge in [-0.05, 0) is 32.6 Å². The van der Waals surface area contributed by atoms with Crippen molar-refractivity contribution in [3.8, 4) is 0 Å². The summed E-state index contributed by atoms with van der Waals surface area (Å²) in [6.07, 6.45) is 9.71. The molecule has 0 aromatic carbocycles. The Morgan fingerprint density at radius 3 is 2.33 bits per heavy atom. The molecule has 1 unspecified atom stereocenters. The Hall–Kier alpha value is -0.790. The number of ether oxygens (including phenoxy) is 1. The van der Waals surface area contributed by atoms with Gasteiger partial charge < -0.3 is 4.74 Å². The summed E-state index contributed by atoms with van der Waals surface area (Å²) in [6, 6.07) is 0. The minimum Gasteiger partial charge on any atom is -0.456 e. The molecule has 0 aliphatic rings. The summed E-state index contributed by atoms with van der Waals surface area (Å²) in [6.45, 7) is 11.9. The molecule has 0 rings (SSSR count). The van der Waals surface area contributed by atoms with Gasteiger partial charge >= 0.3 is 5.97 Å². The number of carbonyl (C=O) groups is 1. The van der Waals surface area contributed by atoms with Crippen molar-refractivity contribution in [3.63, 3.8) is 0 Å². The molecule has 0 bridgehead atoms. The van der Waals surface area contributed by atoms with Crippen molar-refractivity contribution in [1.82, 2.24) is 0 Å². The summed E-state index contributed by atoms with van der Waals surface area (Å²) in [7, 11) is 0. The van der Waals surface area contributed by atoms with Crippen molar-refractivity contribution >= 4 is 5.97 Å². The van der Waals surface area contributed by atoms with Crippen LogP contribution in [0.4, 0.5) is 0 Å². The van der Waals surface area contributed by atoms with Gasteiger partial charge in [-0.25, -0.2) is 4.79 Å². The highest BCUT2D eigenvalue weighted by Crippen LogP contribution is 2.30. The second kappa shape index (κ2) is 9.18. The monoisotopic (exact) mass is 254 g/mol. The average molecular weight is 254 g/mol. The molecule has 0 fully saturated rings. The van der Waals surface area contributed by atoms with E-state index in [-0.39, 0.29) is 11.6 Å². The molecule has 0 aliphatic carbocycles. The third kappa shape index (κ3) is 6.83. The highest BCUT2D eigenvalue weighted by Gasteiger charge is 2.31. The molecule has 2 heteroatoms. The van der Waals surface area contributed by atoms with Crippen LogP contribution in [0.2, 0.25) is 0 Å². The number of carbonyl (C=O) groups excluding carboxylic acids is 1. The van der Waals surface area contributed by atoms with Gasteiger partial charge in [0.25, 0.3) is 0 Å². The van der Waals surface area contributed by atoms with Gasteiger partial charge in [0, 0.05) is 6.08 Å². The van der Waals surface area contributed by atoms with Crippen LogP contribution >= 0.6 is 0 Å². The Balaban J connectivity index is 4.35.